The summed E-state index contributed by atoms with van der Waals surface area (Å²) in [6.45, 7) is 6.47. The Kier molecular flexibility index (Phi) is 3.61. The minimum absolute atomic E-state index is 0.847. The second kappa shape index (κ2) is 4.30. The Labute approximate surface area is 77.7 Å². The Bertz CT molecular complexity index is 114. The molecule has 2 aliphatic carbocycles. The largest absolute Gasteiger partial charge is 0.0683 e. The van der Waals surface area contributed by atoms with Crippen LogP contribution >= 0.6 is 0 Å². The Morgan fingerprint density at radius 3 is 1.83 bits per heavy atom. The molecule has 72 valence electrons. The smallest absolute Gasteiger partial charge is 0.0272 e. The van der Waals surface area contributed by atoms with Gasteiger partial charge >= 0.3 is 0 Å². The van der Waals surface area contributed by atoms with E-state index in [1.165, 1.54) is 25.7 Å². The van der Waals surface area contributed by atoms with Crippen LogP contribution in [-0.2, 0) is 0 Å². The van der Waals surface area contributed by atoms with Gasteiger partial charge in [0.2, 0.25) is 0 Å². The van der Waals surface area contributed by atoms with E-state index in [-0.39, 0.29) is 0 Å². The van der Waals surface area contributed by atoms with Crippen molar-refractivity contribution in [1.29, 1.82) is 0 Å². The quantitative estimate of drug-likeness (QED) is 0.503. The van der Waals surface area contributed by atoms with Crippen LogP contribution in [0, 0.1) is 11.3 Å². The van der Waals surface area contributed by atoms with E-state index < -0.39 is 0 Å². The lowest BCUT2D eigenvalue weighted by Gasteiger charge is -2.28. The lowest BCUT2D eigenvalue weighted by Crippen LogP contribution is -2.18. The lowest BCUT2D eigenvalue weighted by molar-refractivity contribution is 0.224. The molecule has 2 aliphatic rings. The highest BCUT2D eigenvalue weighted by molar-refractivity contribution is 4.92. The first kappa shape index (κ1) is 10.1. The zero-order chi connectivity index (χ0) is 9.03. The monoisotopic (exact) mass is 168 g/mol. The van der Waals surface area contributed by atoms with E-state index in [1.54, 1.807) is 19.3 Å². The van der Waals surface area contributed by atoms with Crippen molar-refractivity contribution in [2.24, 2.45) is 11.3 Å². The van der Waals surface area contributed by atoms with Gasteiger partial charge in [-0.05, 0) is 30.6 Å². The van der Waals surface area contributed by atoms with Crippen molar-refractivity contribution < 1.29 is 0 Å². The Hall–Kier alpha value is 0. The molecule has 0 aromatic carbocycles. The van der Waals surface area contributed by atoms with Crippen LogP contribution in [0.15, 0.2) is 0 Å². The molecule has 0 N–H and O–H groups in total. The normalized spacial score (nSPS) is 31.8. The van der Waals surface area contributed by atoms with Gasteiger partial charge in [-0.2, -0.15) is 0 Å². The van der Waals surface area contributed by atoms with Crippen LogP contribution in [0.2, 0.25) is 0 Å². The van der Waals surface area contributed by atoms with Crippen LogP contribution in [0.3, 0.4) is 0 Å². The molecule has 0 aromatic rings. The molecule has 0 radical (unpaired) electrons. The summed E-state index contributed by atoms with van der Waals surface area (Å²) in [5.41, 5.74) is 0.847. The number of rotatable bonds is 0. The summed E-state index contributed by atoms with van der Waals surface area (Å²) in [4.78, 5) is 0. The molecule has 2 saturated carbocycles. The van der Waals surface area contributed by atoms with Crippen molar-refractivity contribution in [3.8, 4) is 0 Å². The molecular formula is C12H24. The van der Waals surface area contributed by atoms with E-state index in [0.717, 1.165) is 11.3 Å². The average molecular weight is 168 g/mol. The predicted octanol–water partition coefficient (Wildman–Crippen LogP) is 4.39. The van der Waals surface area contributed by atoms with E-state index in [0.29, 0.717) is 0 Å². The number of hydrogen-bond acceptors (Lipinski definition) is 0. The van der Waals surface area contributed by atoms with E-state index >= 15 is 0 Å². The molecule has 0 heterocycles. The van der Waals surface area contributed by atoms with Crippen LogP contribution in [0.25, 0.3) is 0 Å². The highest BCUT2D eigenvalue weighted by Crippen LogP contribution is 2.53. The fourth-order valence-electron chi connectivity index (χ4n) is 3.13. The molecule has 12 heavy (non-hydrogen) atoms. The van der Waals surface area contributed by atoms with Gasteiger partial charge in [0.1, 0.15) is 0 Å². The third kappa shape index (κ3) is 1.67. The molecule has 2 fully saturated rings. The van der Waals surface area contributed by atoms with Crippen LogP contribution in [0.1, 0.15) is 65.7 Å². The molecule has 0 amide bonds. The number of hydrogen-bond donors (Lipinski definition) is 0. The molecular weight excluding hydrogens is 144 g/mol. The molecule has 0 nitrogen and oxygen atoms in total. The zero-order valence-electron chi connectivity index (χ0n) is 9.03. The molecule has 1 spiro atoms. The Morgan fingerprint density at radius 2 is 1.42 bits per heavy atom. The molecule has 0 saturated heterocycles. The topological polar surface area (TPSA) is 0 Å². The maximum atomic E-state index is 2.47. The summed E-state index contributed by atoms with van der Waals surface area (Å²) in [7, 11) is 0. The van der Waals surface area contributed by atoms with Gasteiger partial charge in [-0.25, -0.2) is 0 Å². The van der Waals surface area contributed by atoms with E-state index in [2.05, 4.69) is 6.92 Å². The highest BCUT2D eigenvalue weighted by Gasteiger charge is 2.41. The summed E-state index contributed by atoms with van der Waals surface area (Å²) < 4.78 is 0. The van der Waals surface area contributed by atoms with Crippen LogP contribution in [0.4, 0.5) is 0 Å². The summed E-state index contributed by atoms with van der Waals surface area (Å²) >= 11 is 0. The average Bonchev–Trinajstić information content (AvgIpc) is 2.70. The minimum Gasteiger partial charge on any atom is -0.0683 e. The van der Waals surface area contributed by atoms with Gasteiger partial charge in [0.15, 0.2) is 0 Å². The van der Waals surface area contributed by atoms with Crippen molar-refractivity contribution in [3.63, 3.8) is 0 Å². The van der Waals surface area contributed by atoms with Crippen molar-refractivity contribution in [2.45, 2.75) is 65.7 Å². The van der Waals surface area contributed by atoms with E-state index in [1.807, 2.05) is 13.8 Å². The lowest BCUT2D eigenvalue weighted by atomic mass is 9.77. The molecule has 0 aromatic heterocycles. The second-order valence-electron chi connectivity index (χ2n) is 4.36. The predicted molar refractivity (Wildman–Crippen MR) is 55.3 cm³/mol. The standard InChI is InChI=1S/C10H18.C2H6/c1-9-5-4-8-10(9)6-2-3-7-10;1-2/h9H,2-8H2,1H3;1-2H3. The fraction of sp³-hybridized carbons (Fsp3) is 1.00. The third-order valence-corrected chi connectivity index (χ3v) is 3.96. The van der Waals surface area contributed by atoms with Crippen LogP contribution in [0.5, 0.6) is 0 Å². The molecule has 0 bridgehead atoms. The van der Waals surface area contributed by atoms with Gasteiger partial charge < -0.3 is 0 Å². The molecule has 0 aliphatic heterocycles. The van der Waals surface area contributed by atoms with Crippen LogP contribution in [-0.4, -0.2) is 0 Å². The van der Waals surface area contributed by atoms with Gasteiger partial charge in [-0.3, -0.25) is 0 Å². The van der Waals surface area contributed by atoms with Crippen LogP contribution < -0.4 is 0 Å². The maximum Gasteiger partial charge on any atom is -0.0272 e. The van der Waals surface area contributed by atoms with E-state index in [4.69, 9.17) is 0 Å². The van der Waals surface area contributed by atoms with Gasteiger partial charge in [0.05, 0.1) is 0 Å². The Balaban J connectivity index is 0.000000336. The second-order valence-corrected chi connectivity index (χ2v) is 4.36. The first-order valence-electron chi connectivity index (χ1n) is 5.83. The molecule has 2 rings (SSSR count). The first-order chi connectivity index (χ1) is 5.83. The van der Waals surface area contributed by atoms with Gasteiger partial charge in [0.25, 0.3) is 0 Å². The summed E-state index contributed by atoms with van der Waals surface area (Å²) in [5.74, 6) is 1.05. The summed E-state index contributed by atoms with van der Waals surface area (Å²) in [5, 5.41) is 0. The molecule has 1 atom stereocenters. The van der Waals surface area contributed by atoms with Crippen molar-refractivity contribution in [3.05, 3.63) is 0 Å². The van der Waals surface area contributed by atoms with Crippen molar-refractivity contribution >= 4 is 0 Å². The van der Waals surface area contributed by atoms with Crippen molar-refractivity contribution in [2.75, 3.05) is 0 Å². The minimum atomic E-state index is 0.847. The summed E-state index contributed by atoms with van der Waals surface area (Å²) in [6.07, 6.45) is 10.7. The third-order valence-electron chi connectivity index (χ3n) is 3.96. The van der Waals surface area contributed by atoms with E-state index in [9.17, 15) is 0 Å². The highest BCUT2D eigenvalue weighted by atomic mass is 14.5. The Morgan fingerprint density at radius 1 is 0.917 bits per heavy atom. The summed E-state index contributed by atoms with van der Waals surface area (Å²) in [6, 6.07) is 0. The van der Waals surface area contributed by atoms with Gasteiger partial charge in [0, 0.05) is 0 Å². The maximum absolute atomic E-state index is 2.47. The molecule has 1 unspecified atom stereocenters. The van der Waals surface area contributed by atoms with Crippen molar-refractivity contribution in [1.82, 2.24) is 0 Å². The van der Waals surface area contributed by atoms with Gasteiger partial charge in [-0.15, -0.1) is 0 Å². The molecule has 0 heteroatoms. The van der Waals surface area contributed by atoms with Gasteiger partial charge in [-0.1, -0.05) is 46.5 Å². The first-order valence-corrected chi connectivity index (χ1v) is 5.83. The SMILES string of the molecule is CC.CC1CCCC12CCCC2. The fourth-order valence-corrected chi connectivity index (χ4v) is 3.13. The zero-order valence-corrected chi connectivity index (χ0v) is 9.03.